The lowest BCUT2D eigenvalue weighted by Gasteiger charge is -2.26. The van der Waals surface area contributed by atoms with Gasteiger partial charge in [-0.2, -0.15) is 0 Å². The minimum Gasteiger partial charge on any atom is -0.391 e. The summed E-state index contributed by atoms with van der Waals surface area (Å²) in [7, 11) is 0. The summed E-state index contributed by atoms with van der Waals surface area (Å²) in [6.07, 6.45) is 30.9. The number of aliphatic hydroxyl groups excluding tert-OH is 1. The van der Waals surface area contributed by atoms with Gasteiger partial charge in [-0.3, -0.25) is 0 Å². The van der Waals surface area contributed by atoms with Crippen LogP contribution in [0.4, 0.5) is 0 Å². The van der Waals surface area contributed by atoms with Gasteiger partial charge >= 0.3 is 0 Å². The van der Waals surface area contributed by atoms with Crippen LogP contribution in [0.2, 0.25) is 0 Å². The lowest BCUT2D eigenvalue weighted by Crippen LogP contribution is -2.37. The molecule has 0 spiro atoms. The zero-order valence-electron chi connectivity index (χ0n) is 22.2. The van der Waals surface area contributed by atoms with Crippen LogP contribution < -0.4 is 0 Å². The molecule has 1 atom stereocenters. The second-order valence-corrected chi connectivity index (χ2v) is 10.1. The van der Waals surface area contributed by atoms with Crippen molar-refractivity contribution in [2.45, 2.75) is 174 Å². The quantitative estimate of drug-likeness (QED) is 0.0957. The van der Waals surface area contributed by atoms with Crippen molar-refractivity contribution in [2.75, 3.05) is 13.2 Å². The SMILES string of the molecule is CCCCCCCCCCCCCCCCCCCCOC(O)(CO)CCCCCCC. The lowest BCUT2D eigenvalue weighted by molar-refractivity contribution is -0.228. The monoisotopic (exact) mass is 456 g/mol. The van der Waals surface area contributed by atoms with Gasteiger partial charge in [0.15, 0.2) is 5.79 Å². The van der Waals surface area contributed by atoms with Gasteiger partial charge in [-0.25, -0.2) is 0 Å². The van der Waals surface area contributed by atoms with E-state index in [1.165, 1.54) is 122 Å². The van der Waals surface area contributed by atoms with Gasteiger partial charge in [0.2, 0.25) is 0 Å². The van der Waals surface area contributed by atoms with Gasteiger partial charge in [0, 0.05) is 6.42 Å². The maximum atomic E-state index is 10.3. The highest BCUT2D eigenvalue weighted by molar-refractivity contribution is 4.66. The van der Waals surface area contributed by atoms with Gasteiger partial charge in [-0.15, -0.1) is 0 Å². The number of ether oxygens (including phenoxy) is 1. The summed E-state index contributed by atoms with van der Waals surface area (Å²) in [5.74, 6) is -1.32. The standard InChI is InChI=1S/C29H60O3/c1-3-5-7-9-10-11-12-13-14-15-16-17-18-19-20-21-23-25-27-32-29(31,28-30)26-24-22-8-6-4-2/h30-31H,3-28H2,1-2H3. The van der Waals surface area contributed by atoms with Gasteiger partial charge in [0.1, 0.15) is 0 Å². The summed E-state index contributed by atoms with van der Waals surface area (Å²) in [4.78, 5) is 0. The van der Waals surface area contributed by atoms with Gasteiger partial charge in [-0.1, -0.05) is 149 Å². The van der Waals surface area contributed by atoms with Crippen LogP contribution in [-0.4, -0.2) is 29.2 Å². The molecule has 3 nitrogen and oxygen atoms in total. The highest BCUT2D eigenvalue weighted by Crippen LogP contribution is 2.19. The van der Waals surface area contributed by atoms with E-state index in [9.17, 15) is 10.2 Å². The molecule has 2 N–H and O–H groups in total. The molecule has 0 aromatic rings. The molecule has 0 radical (unpaired) electrons. The molecule has 0 aliphatic carbocycles. The van der Waals surface area contributed by atoms with Crippen molar-refractivity contribution in [3.8, 4) is 0 Å². The van der Waals surface area contributed by atoms with Crippen molar-refractivity contribution in [2.24, 2.45) is 0 Å². The van der Waals surface area contributed by atoms with Crippen LogP contribution in [0.5, 0.6) is 0 Å². The van der Waals surface area contributed by atoms with Crippen molar-refractivity contribution >= 4 is 0 Å². The van der Waals surface area contributed by atoms with E-state index >= 15 is 0 Å². The highest BCUT2D eigenvalue weighted by Gasteiger charge is 2.25. The summed E-state index contributed by atoms with van der Waals surface area (Å²) in [6.45, 7) is 4.76. The summed E-state index contributed by atoms with van der Waals surface area (Å²) in [6, 6.07) is 0. The molecule has 0 amide bonds. The fourth-order valence-electron chi connectivity index (χ4n) is 4.47. The number of hydrogen-bond donors (Lipinski definition) is 2. The summed E-state index contributed by atoms with van der Waals surface area (Å²) in [5.41, 5.74) is 0. The van der Waals surface area contributed by atoms with Crippen molar-refractivity contribution in [3.05, 3.63) is 0 Å². The first-order valence-corrected chi connectivity index (χ1v) is 14.7. The zero-order chi connectivity index (χ0) is 23.6. The first kappa shape index (κ1) is 31.9. The third kappa shape index (κ3) is 23.1. The predicted octanol–water partition coefficient (Wildman–Crippen LogP) is 9.09. The molecule has 0 aliphatic rings. The van der Waals surface area contributed by atoms with E-state index in [0.717, 1.165) is 25.7 Å². The van der Waals surface area contributed by atoms with Crippen molar-refractivity contribution in [3.63, 3.8) is 0 Å². The zero-order valence-corrected chi connectivity index (χ0v) is 22.2. The lowest BCUT2D eigenvalue weighted by atomic mass is 10.0. The Morgan fingerprint density at radius 1 is 0.469 bits per heavy atom. The minimum absolute atomic E-state index is 0.292. The summed E-state index contributed by atoms with van der Waals surface area (Å²) >= 11 is 0. The van der Waals surface area contributed by atoms with Crippen LogP contribution in [0.1, 0.15) is 168 Å². The van der Waals surface area contributed by atoms with Gasteiger partial charge in [0.05, 0.1) is 13.2 Å². The minimum atomic E-state index is -1.32. The third-order valence-electron chi connectivity index (χ3n) is 6.79. The Kier molecular flexibility index (Phi) is 25.4. The number of unbranched alkanes of at least 4 members (excludes halogenated alkanes) is 21. The molecule has 0 rings (SSSR count). The van der Waals surface area contributed by atoms with Crippen LogP contribution in [0.25, 0.3) is 0 Å². The van der Waals surface area contributed by atoms with E-state index in [-0.39, 0.29) is 6.61 Å². The van der Waals surface area contributed by atoms with E-state index in [0.29, 0.717) is 13.0 Å². The Morgan fingerprint density at radius 3 is 1.12 bits per heavy atom. The second kappa shape index (κ2) is 25.5. The second-order valence-electron chi connectivity index (χ2n) is 10.1. The van der Waals surface area contributed by atoms with E-state index < -0.39 is 5.79 Å². The fourth-order valence-corrected chi connectivity index (χ4v) is 4.47. The van der Waals surface area contributed by atoms with Crippen LogP contribution in [-0.2, 0) is 4.74 Å². The largest absolute Gasteiger partial charge is 0.391 e. The molecule has 0 fully saturated rings. The predicted molar refractivity (Wildman–Crippen MR) is 140 cm³/mol. The Bertz CT molecular complexity index is 347. The van der Waals surface area contributed by atoms with Crippen LogP contribution in [0.15, 0.2) is 0 Å². The Balaban J connectivity index is 3.29. The number of hydrogen-bond acceptors (Lipinski definition) is 3. The number of rotatable bonds is 27. The molecule has 0 saturated heterocycles. The van der Waals surface area contributed by atoms with Crippen LogP contribution in [0, 0.1) is 0 Å². The molecule has 0 saturated carbocycles. The molecule has 0 aromatic heterocycles. The van der Waals surface area contributed by atoms with Crippen LogP contribution in [0.3, 0.4) is 0 Å². The molecular weight excluding hydrogens is 396 g/mol. The molecular formula is C29H60O3. The normalized spacial score (nSPS) is 13.5. The van der Waals surface area contributed by atoms with Gasteiger partial charge in [0.25, 0.3) is 0 Å². The van der Waals surface area contributed by atoms with Crippen LogP contribution >= 0.6 is 0 Å². The van der Waals surface area contributed by atoms with Gasteiger partial charge < -0.3 is 14.9 Å². The molecule has 0 aliphatic heterocycles. The van der Waals surface area contributed by atoms with Crippen molar-refractivity contribution in [1.29, 1.82) is 0 Å². The topological polar surface area (TPSA) is 49.7 Å². The fraction of sp³-hybridized carbons (Fsp3) is 1.00. The maximum Gasteiger partial charge on any atom is 0.188 e. The molecule has 0 aromatic carbocycles. The van der Waals surface area contributed by atoms with E-state index in [1.807, 2.05) is 0 Å². The average Bonchev–Trinajstić information content (AvgIpc) is 2.80. The van der Waals surface area contributed by atoms with Gasteiger partial charge in [-0.05, 0) is 12.8 Å². The molecule has 1 unspecified atom stereocenters. The Hall–Kier alpha value is -0.120. The van der Waals surface area contributed by atoms with Crippen molar-refractivity contribution in [1.82, 2.24) is 0 Å². The van der Waals surface area contributed by atoms with E-state index in [4.69, 9.17) is 4.74 Å². The average molecular weight is 457 g/mol. The smallest absolute Gasteiger partial charge is 0.188 e. The molecule has 194 valence electrons. The summed E-state index contributed by atoms with van der Waals surface area (Å²) in [5, 5.41) is 19.8. The summed E-state index contributed by atoms with van der Waals surface area (Å²) < 4.78 is 5.62. The molecule has 0 heterocycles. The molecule has 0 bridgehead atoms. The molecule has 32 heavy (non-hydrogen) atoms. The molecule has 3 heteroatoms. The Labute approximate surface area is 202 Å². The van der Waals surface area contributed by atoms with E-state index in [2.05, 4.69) is 13.8 Å². The first-order chi connectivity index (χ1) is 15.7. The van der Waals surface area contributed by atoms with E-state index in [1.54, 1.807) is 0 Å². The number of aliphatic hydroxyl groups is 2. The highest BCUT2D eigenvalue weighted by atomic mass is 16.6. The maximum absolute atomic E-state index is 10.3. The first-order valence-electron chi connectivity index (χ1n) is 14.7. The Morgan fingerprint density at radius 2 is 0.781 bits per heavy atom. The third-order valence-corrected chi connectivity index (χ3v) is 6.79. The van der Waals surface area contributed by atoms with Crippen molar-refractivity contribution < 1.29 is 14.9 Å².